The van der Waals surface area contributed by atoms with Crippen molar-refractivity contribution < 1.29 is 4.79 Å². The zero-order valence-corrected chi connectivity index (χ0v) is 9.55. The average Bonchev–Trinajstić information content (AvgIpc) is 2.54. The molecule has 0 aromatic carbocycles. The fourth-order valence-electron chi connectivity index (χ4n) is 1.93. The lowest BCUT2D eigenvalue weighted by molar-refractivity contribution is -0.120. The molecule has 1 heterocycles. The zero-order chi connectivity index (χ0) is 10.6. The summed E-state index contributed by atoms with van der Waals surface area (Å²) in [5.41, 5.74) is 0. The van der Waals surface area contributed by atoms with Crippen LogP contribution in [0.1, 0.15) is 33.6 Å². The van der Waals surface area contributed by atoms with E-state index in [2.05, 4.69) is 24.1 Å². The van der Waals surface area contributed by atoms with Gasteiger partial charge in [0, 0.05) is 19.5 Å². The van der Waals surface area contributed by atoms with E-state index in [1.807, 2.05) is 0 Å². The van der Waals surface area contributed by atoms with E-state index in [-0.39, 0.29) is 5.91 Å². The predicted octanol–water partition coefficient (Wildman–Crippen LogP) is 1.24. The molecule has 0 radical (unpaired) electrons. The van der Waals surface area contributed by atoms with Gasteiger partial charge in [0.1, 0.15) is 0 Å². The molecule has 82 valence electrons. The van der Waals surface area contributed by atoms with Crippen LogP contribution in [-0.4, -0.2) is 36.5 Å². The maximum absolute atomic E-state index is 11.0. The average molecular weight is 198 g/mol. The molecule has 1 saturated heterocycles. The quantitative estimate of drug-likeness (QED) is 0.737. The van der Waals surface area contributed by atoms with Gasteiger partial charge in [-0.2, -0.15) is 0 Å². The second-order valence-corrected chi connectivity index (χ2v) is 4.56. The Bertz CT molecular complexity index is 186. The molecular weight excluding hydrogens is 176 g/mol. The van der Waals surface area contributed by atoms with Gasteiger partial charge in [0.15, 0.2) is 0 Å². The van der Waals surface area contributed by atoms with Crippen molar-refractivity contribution in [1.29, 1.82) is 0 Å². The van der Waals surface area contributed by atoms with E-state index in [4.69, 9.17) is 0 Å². The number of rotatable bonds is 4. The third kappa shape index (κ3) is 3.66. The molecule has 1 amide bonds. The number of nitrogens with one attached hydrogen (secondary N) is 1. The minimum Gasteiger partial charge on any atom is -0.352 e. The maximum Gasteiger partial charge on any atom is 0.217 e. The normalized spacial score (nSPS) is 20.0. The van der Waals surface area contributed by atoms with Gasteiger partial charge in [-0.15, -0.1) is 0 Å². The summed E-state index contributed by atoms with van der Waals surface area (Å²) in [7, 11) is 0. The number of nitrogens with zero attached hydrogens (tertiary/aromatic N) is 1. The summed E-state index contributed by atoms with van der Waals surface area (Å²) in [6.07, 6.45) is 2.62. The number of hydrogen-bond acceptors (Lipinski definition) is 2. The number of carbonyl (C=O) groups excluding carboxylic acids is 1. The highest BCUT2D eigenvalue weighted by Gasteiger charge is 2.20. The van der Waals surface area contributed by atoms with Crippen molar-refractivity contribution in [3.8, 4) is 0 Å². The van der Waals surface area contributed by atoms with Crippen LogP contribution in [0, 0.1) is 5.92 Å². The van der Waals surface area contributed by atoms with Crippen LogP contribution >= 0.6 is 0 Å². The highest BCUT2D eigenvalue weighted by atomic mass is 16.1. The van der Waals surface area contributed by atoms with Gasteiger partial charge in [-0.05, 0) is 31.8 Å². The number of carbonyl (C=O) groups is 1. The molecule has 14 heavy (non-hydrogen) atoms. The molecule has 3 nitrogen and oxygen atoms in total. The van der Waals surface area contributed by atoms with Gasteiger partial charge in [0.25, 0.3) is 0 Å². The molecule has 1 unspecified atom stereocenters. The molecule has 1 rings (SSSR count). The van der Waals surface area contributed by atoms with Crippen LogP contribution in [0.15, 0.2) is 0 Å². The van der Waals surface area contributed by atoms with Crippen LogP contribution in [0.2, 0.25) is 0 Å². The summed E-state index contributed by atoms with van der Waals surface area (Å²) in [5.74, 6) is 0.599. The standard InChI is InChI=1S/C11H22N2O/c1-9(2)11(12-10(3)14)8-13-6-4-5-7-13/h9,11H,4-8H2,1-3H3,(H,12,14). The summed E-state index contributed by atoms with van der Waals surface area (Å²) < 4.78 is 0. The van der Waals surface area contributed by atoms with Gasteiger partial charge in [-0.25, -0.2) is 0 Å². The molecule has 1 fully saturated rings. The molecule has 0 aromatic heterocycles. The third-order valence-electron chi connectivity index (χ3n) is 2.85. The van der Waals surface area contributed by atoms with E-state index in [1.54, 1.807) is 6.92 Å². The summed E-state index contributed by atoms with van der Waals surface area (Å²) >= 11 is 0. The Hall–Kier alpha value is -0.570. The lowest BCUT2D eigenvalue weighted by Crippen LogP contribution is -2.45. The molecule has 0 bridgehead atoms. The second-order valence-electron chi connectivity index (χ2n) is 4.56. The summed E-state index contributed by atoms with van der Waals surface area (Å²) in [6, 6.07) is 0.311. The van der Waals surface area contributed by atoms with Crippen molar-refractivity contribution in [1.82, 2.24) is 10.2 Å². The first-order chi connectivity index (χ1) is 6.59. The number of likely N-dealkylation sites (tertiary alicyclic amines) is 1. The van der Waals surface area contributed by atoms with Crippen molar-refractivity contribution in [3.63, 3.8) is 0 Å². The summed E-state index contributed by atoms with van der Waals surface area (Å²) in [6.45, 7) is 9.33. The Labute approximate surface area is 86.9 Å². The first-order valence-corrected chi connectivity index (χ1v) is 5.59. The minimum absolute atomic E-state index is 0.0860. The largest absolute Gasteiger partial charge is 0.352 e. The topological polar surface area (TPSA) is 32.3 Å². The molecule has 1 aliphatic heterocycles. The Morgan fingerprint density at radius 2 is 1.93 bits per heavy atom. The lowest BCUT2D eigenvalue weighted by Gasteiger charge is -2.26. The highest BCUT2D eigenvalue weighted by molar-refractivity contribution is 5.73. The summed E-state index contributed by atoms with van der Waals surface area (Å²) in [5, 5.41) is 3.03. The lowest BCUT2D eigenvalue weighted by atomic mass is 10.0. The van der Waals surface area contributed by atoms with Crippen molar-refractivity contribution in [2.45, 2.75) is 39.7 Å². The molecule has 1 aliphatic rings. The molecular formula is C11H22N2O. The van der Waals surface area contributed by atoms with Crippen LogP contribution in [0.5, 0.6) is 0 Å². The van der Waals surface area contributed by atoms with Crippen molar-refractivity contribution in [2.24, 2.45) is 5.92 Å². The highest BCUT2D eigenvalue weighted by Crippen LogP contribution is 2.11. The molecule has 0 saturated carbocycles. The second kappa shape index (κ2) is 5.35. The van der Waals surface area contributed by atoms with Gasteiger partial charge in [-0.1, -0.05) is 13.8 Å². The first kappa shape index (κ1) is 11.5. The third-order valence-corrected chi connectivity index (χ3v) is 2.85. The Morgan fingerprint density at radius 3 is 2.36 bits per heavy atom. The maximum atomic E-state index is 11.0. The van der Waals surface area contributed by atoms with Crippen LogP contribution in [-0.2, 0) is 4.79 Å². The molecule has 3 heteroatoms. The molecule has 1 atom stereocenters. The Balaban J connectivity index is 2.37. The van der Waals surface area contributed by atoms with Crippen LogP contribution in [0.3, 0.4) is 0 Å². The zero-order valence-electron chi connectivity index (χ0n) is 9.55. The Kier molecular flexibility index (Phi) is 4.39. The van der Waals surface area contributed by atoms with Crippen molar-refractivity contribution in [3.05, 3.63) is 0 Å². The molecule has 0 aliphatic carbocycles. The van der Waals surface area contributed by atoms with E-state index in [0.29, 0.717) is 12.0 Å². The van der Waals surface area contributed by atoms with Crippen molar-refractivity contribution in [2.75, 3.05) is 19.6 Å². The van der Waals surface area contributed by atoms with E-state index >= 15 is 0 Å². The van der Waals surface area contributed by atoms with Gasteiger partial charge in [0.05, 0.1) is 0 Å². The van der Waals surface area contributed by atoms with E-state index in [1.165, 1.54) is 25.9 Å². The van der Waals surface area contributed by atoms with Crippen LogP contribution in [0.25, 0.3) is 0 Å². The minimum atomic E-state index is 0.0860. The monoisotopic (exact) mass is 198 g/mol. The fourth-order valence-corrected chi connectivity index (χ4v) is 1.93. The SMILES string of the molecule is CC(=O)NC(CN1CCCC1)C(C)C. The number of amides is 1. The van der Waals surface area contributed by atoms with E-state index < -0.39 is 0 Å². The predicted molar refractivity (Wildman–Crippen MR) is 58.1 cm³/mol. The fraction of sp³-hybridized carbons (Fsp3) is 0.909. The summed E-state index contributed by atoms with van der Waals surface area (Å²) in [4.78, 5) is 13.4. The van der Waals surface area contributed by atoms with Crippen molar-refractivity contribution >= 4 is 5.91 Å². The van der Waals surface area contributed by atoms with Crippen LogP contribution in [0.4, 0.5) is 0 Å². The Morgan fingerprint density at radius 1 is 1.36 bits per heavy atom. The van der Waals surface area contributed by atoms with Gasteiger partial charge in [0.2, 0.25) is 5.91 Å². The smallest absolute Gasteiger partial charge is 0.217 e. The van der Waals surface area contributed by atoms with E-state index in [9.17, 15) is 4.79 Å². The van der Waals surface area contributed by atoms with E-state index in [0.717, 1.165) is 6.54 Å². The van der Waals surface area contributed by atoms with Crippen LogP contribution < -0.4 is 5.32 Å². The van der Waals surface area contributed by atoms with Gasteiger partial charge < -0.3 is 10.2 Å². The molecule has 0 spiro atoms. The molecule has 1 N–H and O–H groups in total. The van der Waals surface area contributed by atoms with Gasteiger partial charge in [-0.3, -0.25) is 4.79 Å². The van der Waals surface area contributed by atoms with Gasteiger partial charge >= 0.3 is 0 Å². The number of hydrogen-bond donors (Lipinski definition) is 1. The molecule has 0 aromatic rings. The first-order valence-electron chi connectivity index (χ1n) is 5.59.